The molecule has 12 rings (SSSR count). The van der Waals surface area contributed by atoms with E-state index in [0.29, 0.717) is 65.1 Å². The molecule has 0 heterocycles. The Hall–Kier alpha value is -9.58. The van der Waals surface area contributed by atoms with Gasteiger partial charge in [-0.1, -0.05) is 314 Å². The van der Waals surface area contributed by atoms with Crippen LogP contribution >= 0.6 is 51.8 Å². The summed E-state index contributed by atoms with van der Waals surface area (Å²) >= 11 is 12.4. The lowest BCUT2D eigenvalue weighted by molar-refractivity contribution is 0.106. The van der Waals surface area contributed by atoms with Crippen molar-refractivity contribution >= 4 is 116 Å². The van der Waals surface area contributed by atoms with Gasteiger partial charge in [0.05, 0.1) is 29.8 Å². The number of halogens is 2. The van der Waals surface area contributed by atoms with Crippen LogP contribution in [0.15, 0.2) is 309 Å². The minimum Gasteiger partial charge on any atom is -0.496 e. The van der Waals surface area contributed by atoms with E-state index in [-0.39, 0.29) is 32.2 Å². The number of rotatable bonds is 18. The predicted molar refractivity (Wildman–Crippen MR) is 409 cm³/mol. The van der Waals surface area contributed by atoms with Crippen LogP contribution < -0.4 is 51.9 Å². The molecule has 10 nitrogen and oxygen atoms in total. The quantitative estimate of drug-likeness (QED) is 0.0758. The van der Waals surface area contributed by atoms with Gasteiger partial charge in [0.1, 0.15) is 17.1 Å². The molecule has 0 saturated heterocycles. The summed E-state index contributed by atoms with van der Waals surface area (Å²) < 4.78 is 67.1. The summed E-state index contributed by atoms with van der Waals surface area (Å²) in [6.07, 6.45) is 0. The lowest BCUT2D eigenvalue weighted by atomic mass is 10.0. The number of hydrogen-bond acceptors (Lipinski definition) is 10. The lowest BCUT2D eigenvalue weighted by Crippen LogP contribution is -2.23. The Kier molecular flexibility index (Phi) is 24.8. The Morgan fingerprint density at radius 1 is 0.253 bits per heavy atom. The highest BCUT2D eigenvalue weighted by atomic mass is 35.5. The first-order chi connectivity index (χ1) is 47.7. The molecule has 0 aliphatic heterocycles. The summed E-state index contributed by atoms with van der Waals surface area (Å²) in [4.78, 5) is 53.9. The van der Waals surface area contributed by atoms with Crippen molar-refractivity contribution in [1.29, 1.82) is 0 Å². The standard InChI is InChI=1S/C22H21O2P.C21H19O4P.C21H19O2P.C19H13Cl2O2P/c1-16-14-17(2)21(18(3)15-16)22(23)25(24,19-10-6-4-7-11-19)20-12-8-5-9-13-20;1-24-18-14-9-15-19(25-2)20(18)21(22)26(23,16-10-5-3-6-11-16)17-12-7-4-8-13-17;1-16-10-9-11-17(2)20(16)21(22)24(23,18-12-5-3-6-13-18)19-14-7-4-8-15-19;20-16-12-7-13-17(21)18(16)19(22)24(23,14-8-3-1-4-9-14)15-10-5-2-6-11-15/h4-15H,1-3H3;3-15H,1-2H3;3-15H,1-2H3;1-13H. The molecule has 16 heteroatoms. The van der Waals surface area contributed by atoms with Crippen molar-refractivity contribution in [1.82, 2.24) is 0 Å². The summed E-state index contributed by atoms with van der Waals surface area (Å²) in [5, 5.41) is 4.55. The molecule has 0 spiro atoms. The Morgan fingerprint density at radius 2 is 0.455 bits per heavy atom. The predicted octanol–water partition coefficient (Wildman–Crippen LogP) is 18.2. The molecule has 0 saturated carbocycles. The minimum atomic E-state index is -3.62. The summed E-state index contributed by atoms with van der Waals surface area (Å²) in [6.45, 7) is 9.60. The molecule has 12 aromatic rings. The van der Waals surface area contributed by atoms with Crippen molar-refractivity contribution in [2.75, 3.05) is 14.2 Å². The molecule has 0 radical (unpaired) electrons. The van der Waals surface area contributed by atoms with Crippen LogP contribution in [-0.2, 0) is 18.3 Å². The second-order valence-corrected chi connectivity index (χ2v) is 34.5. The van der Waals surface area contributed by atoms with Gasteiger partial charge in [-0.05, 0) is 81.1 Å². The number of benzene rings is 12. The number of methoxy groups -OCH3 is 2. The molecule has 0 N–H and O–H groups in total. The Labute approximate surface area is 589 Å². The topological polar surface area (TPSA) is 155 Å². The fraction of sp³-hybridized carbons (Fsp3) is 0.0843. The molecule has 0 unspecified atom stereocenters. The van der Waals surface area contributed by atoms with Crippen LogP contribution in [0.5, 0.6) is 11.5 Å². The molecule has 0 fully saturated rings. The van der Waals surface area contributed by atoms with Crippen LogP contribution in [0.25, 0.3) is 0 Å². The first-order valence-electron chi connectivity index (χ1n) is 31.5. The molecular weight excluding hydrogens is 1350 g/mol. The van der Waals surface area contributed by atoms with E-state index < -0.39 is 39.6 Å². The van der Waals surface area contributed by atoms with Crippen molar-refractivity contribution in [3.63, 3.8) is 0 Å². The highest BCUT2D eigenvalue weighted by Gasteiger charge is 2.42. The molecule has 0 aromatic heterocycles. The lowest BCUT2D eigenvalue weighted by Gasteiger charge is -2.20. The minimum absolute atomic E-state index is 0.0943. The number of ether oxygens (including phenoxy) is 2. The molecule has 0 aliphatic carbocycles. The van der Waals surface area contributed by atoms with Gasteiger partial charge in [-0.3, -0.25) is 19.2 Å². The van der Waals surface area contributed by atoms with Crippen LogP contribution in [0, 0.1) is 34.6 Å². The van der Waals surface area contributed by atoms with E-state index in [0.717, 1.165) is 27.8 Å². The fourth-order valence-corrected chi connectivity index (χ4v) is 22.6. The number of hydrogen-bond donors (Lipinski definition) is 0. The molecular formula is C83H72Cl2O10P4. The Morgan fingerprint density at radius 3 is 0.697 bits per heavy atom. The van der Waals surface area contributed by atoms with Gasteiger partial charge in [0.2, 0.25) is 50.7 Å². The van der Waals surface area contributed by atoms with E-state index in [1.54, 1.807) is 182 Å². The van der Waals surface area contributed by atoms with E-state index in [2.05, 4.69) is 0 Å². The monoisotopic (exact) mass is 1420 g/mol. The molecule has 99 heavy (non-hydrogen) atoms. The maximum atomic E-state index is 14.2. The molecule has 0 aliphatic rings. The van der Waals surface area contributed by atoms with Gasteiger partial charge in [-0.25, -0.2) is 0 Å². The SMILES string of the molecule is COc1cccc(OC)c1C(=O)P(=O)(c1ccccc1)c1ccccc1.Cc1cc(C)c(C(=O)P(=O)(c2ccccc2)c2ccccc2)c(C)c1.Cc1cccc(C)c1C(=O)P(=O)(c1ccccc1)c1ccccc1.O=C(c1c(Cl)cccc1Cl)P(=O)(c1ccccc1)c1ccccc1. The van der Waals surface area contributed by atoms with Crippen molar-refractivity contribution in [3.05, 3.63) is 370 Å². The molecule has 12 aromatic carbocycles. The zero-order valence-electron chi connectivity index (χ0n) is 55.6. The van der Waals surface area contributed by atoms with Crippen LogP contribution in [0.3, 0.4) is 0 Å². The smallest absolute Gasteiger partial charge is 0.237 e. The summed E-state index contributed by atoms with van der Waals surface area (Å²) in [7, 11) is -11.1. The second-order valence-electron chi connectivity index (χ2n) is 23.0. The molecule has 0 atom stereocenters. The van der Waals surface area contributed by atoms with Gasteiger partial charge in [0.15, 0.2) is 0 Å². The zero-order chi connectivity index (χ0) is 70.9. The van der Waals surface area contributed by atoms with Crippen molar-refractivity contribution < 1.29 is 46.9 Å². The van der Waals surface area contributed by atoms with E-state index >= 15 is 0 Å². The normalized spacial score (nSPS) is 11.2. The third-order valence-electron chi connectivity index (χ3n) is 16.5. The maximum Gasteiger partial charge on any atom is 0.237 e. The van der Waals surface area contributed by atoms with E-state index in [4.69, 9.17) is 32.7 Å². The summed E-state index contributed by atoms with van der Waals surface area (Å²) in [5.74, 6) is 0.669. The third-order valence-corrected chi connectivity index (χ3v) is 28.5. The van der Waals surface area contributed by atoms with Crippen LogP contribution in [0.2, 0.25) is 10.0 Å². The summed E-state index contributed by atoms with van der Waals surface area (Å²) in [6, 6.07) is 90.8. The van der Waals surface area contributed by atoms with Gasteiger partial charge in [-0.2, -0.15) is 0 Å². The van der Waals surface area contributed by atoms with Crippen molar-refractivity contribution in [2.24, 2.45) is 0 Å². The Balaban J connectivity index is 0.000000154. The highest BCUT2D eigenvalue weighted by molar-refractivity contribution is 7.95. The summed E-state index contributed by atoms with van der Waals surface area (Å²) in [5.41, 5.74) is 4.31. The van der Waals surface area contributed by atoms with Crippen molar-refractivity contribution in [2.45, 2.75) is 34.6 Å². The maximum absolute atomic E-state index is 14.2. The van der Waals surface area contributed by atoms with Gasteiger partial charge in [0.25, 0.3) is 0 Å². The Bertz CT molecular complexity index is 4610. The van der Waals surface area contributed by atoms with Crippen molar-refractivity contribution in [3.8, 4) is 11.5 Å². The first-order valence-corrected chi connectivity index (χ1v) is 39.1. The third kappa shape index (κ3) is 15.8. The van der Waals surface area contributed by atoms with E-state index in [9.17, 15) is 37.4 Å². The average Bonchev–Trinajstić information content (AvgIpc) is 0.796. The largest absolute Gasteiger partial charge is 0.496 e. The molecule has 498 valence electrons. The average molecular weight is 1420 g/mol. The molecule has 0 amide bonds. The second kappa shape index (κ2) is 33.3. The van der Waals surface area contributed by atoms with Crippen LogP contribution in [0.4, 0.5) is 0 Å². The number of carbonyl (C=O) groups excluding carboxylic acids is 4. The highest BCUT2D eigenvalue weighted by Crippen LogP contribution is 2.53. The van der Waals surface area contributed by atoms with Gasteiger partial charge in [0, 0.05) is 53.6 Å². The van der Waals surface area contributed by atoms with Gasteiger partial charge in [-0.15, -0.1) is 0 Å². The first kappa shape index (κ1) is 73.7. The van der Waals surface area contributed by atoms with Gasteiger partial charge < -0.3 is 27.7 Å². The number of aryl methyl sites for hydroxylation is 5. The zero-order valence-corrected chi connectivity index (χ0v) is 60.7. The van der Waals surface area contributed by atoms with E-state index in [1.165, 1.54) is 14.2 Å². The van der Waals surface area contributed by atoms with Crippen LogP contribution in [0.1, 0.15) is 69.2 Å². The number of carbonyl (C=O) groups is 4. The van der Waals surface area contributed by atoms with Gasteiger partial charge >= 0.3 is 0 Å². The van der Waals surface area contributed by atoms with Crippen LogP contribution in [-0.4, -0.2) is 36.3 Å². The molecule has 0 bridgehead atoms. The van der Waals surface area contributed by atoms with E-state index in [1.807, 2.05) is 162 Å². The fourth-order valence-electron chi connectivity index (χ4n) is 11.7.